The summed E-state index contributed by atoms with van der Waals surface area (Å²) in [5.41, 5.74) is 2.90. The fraction of sp³-hybridized carbons (Fsp3) is 0.292. The Bertz CT molecular complexity index is 1090. The molecule has 8 heteroatoms. The largest absolute Gasteiger partial charge is 0.495 e. The van der Waals surface area contributed by atoms with Gasteiger partial charge in [-0.1, -0.05) is 18.2 Å². The second-order valence-electron chi connectivity index (χ2n) is 7.47. The van der Waals surface area contributed by atoms with Gasteiger partial charge in [0.1, 0.15) is 5.75 Å². The molecule has 1 aliphatic heterocycles. The van der Waals surface area contributed by atoms with Gasteiger partial charge in [0.2, 0.25) is 0 Å². The topological polar surface area (TPSA) is 68.6 Å². The minimum atomic E-state index is -0.224. The molecule has 1 fully saturated rings. The molecule has 0 aliphatic carbocycles. The van der Waals surface area contributed by atoms with Gasteiger partial charge in [-0.3, -0.25) is 9.78 Å². The monoisotopic (exact) mass is 450 g/mol. The number of carbonyl (C=O) groups is 1. The molecule has 0 amide bonds. The number of nitrogens with one attached hydrogen (secondary N) is 1. The fourth-order valence-electron chi connectivity index (χ4n) is 4.15. The van der Waals surface area contributed by atoms with E-state index in [4.69, 9.17) is 21.7 Å². The maximum Gasteiger partial charge on any atom is 0.305 e. The SMILES string of the molecule is COC(=O)CCCN1C(=S)N[C@@H](c2ccccn2)[C@@H]1c1cccn1-c1ccccc1OC. The van der Waals surface area contributed by atoms with Crippen molar-refractivity contribution >= 4 is 23.3 Å². The van der Waals surface area contributed by atoms with E-state index in [9.17, 15) is 4.79 Å². The van der Waals surface area contributed by atoms with Crippen molar-refractivity contribution in [3.8, 4) is 11.4 Å². The Labute approximate surface area is 193 Å². The van der Waals surface area contributed by atoms with E-state index >= 15 is 0 Å². The Morgan fingerprint density at radius 3 is 2.69 bits per heavy atom. The summed E-state index contributed by atoms with van der Waals surface area (Å²) in [4.78, 5) is 18.4. The van der Waals surface area contributed by atoms with Gasteiger partial charge in [0.15, 0.2) is 5.11 Å². The predicted molar refractivity (Wildman–Crippen MR) is 126 cm³/mol. The molecular weight excluding hydrogens is 424 g/mol. The first-order valence-corrected chi connectivity index (χ1v) is 10.9. The van der Waals surface area contributed by atoms with Crippen molar-refractivity contribution in [3.63, 3.8) is 0 Å². The van der Waals surface area contributed by atoms with Crippen molar-refractivity contribution in [2.24, 2.45) is 0 Å². The Kier molecular flexibility index (Phi) is 6.70. The second-order valence-corrected chi connectivity index (χ2v) is 7.86. The first kappa shape index (κ1) is 21.8. The molecule has 32 heavy (non-hydrogen) atoms. The molecule has 3 aromatic rings. The average Bonchev–Trinajstić information content (AvgIpc) is 3.43. The van der Waals surface area contributed by atoms with E-state index in [0.29, 0.717) is 24.5 Å². The Morgan fingerprint density at radius 1 is 1.12 bits per heavy atom. The number of nitrogens with zero attached hydrogens (tertiary/aromatic N) is 3. The van der Waals surface area contributed by atoms with E-state index in [1.54, 1.807) is 13.3 Å². The number of carbonyl (C=O) groups excluding carboxylic acids is 1. The minimum absolute atomic E-state index is 0.116. The summed E-state index contributed by atoms with van der Waals surface area (Å²) < 4.78 is 12.5. The number of aromatic nitrogens is 2. The molecule has 0 bridgehead atoms. The molecule has 2 aromatic heterocycles. The number of hydrogen-bond donors (Lipinski definition) is 1. The molecule has 1 aromatic carbocycles. The van der Waals surface area contributed by atoms with Crippen molar-refractivity contribution in [2.45, 2.75) is 24.9 Å². The third-order valence-corrected chi connectivity index (χ3v) is 5.99. The number of rotatable bonds is 8. The summed E-state index contributed by atoms with van der Waals surface area (Å²) in [6.45, 7) is 0.617. The van der Waals surface area contributed by atoms with Crippen LogP contribution in [0.1, 0.15) is 36.3 Å². The van der Waals surface area contributed by atoms with Gasteiger partial charge in [-0.2, -0.15) is 0 Å². The third-order valence-electron chi connectivity index (χ3n) is 5.63. The van der Waals surface area contributed by atoms with Gasteiger partial charge in [0, 0.05) is 31.1 Å². The Hall–Kier alpha value is -3.39. The normalized spacial score (nSPS) is 17.8. The molecule has 4 rings (SSSR count). The van der Waals surface area contributed by atoms with Crippen LogP contribution in [0.25, 0.3) is 5.69 Å². The lowest BCUT2D eigenvalue weighted by atomic mass is 10.0. The van der Waals surface area contributed by atoms with Gasteiger partial charge in [-0.15, -0.1) is 0 Å². The summed E-state index contributed by atoms with van der Waals surface area (Å²) >= 11 is 5.72. The highest BCUT2D eigenvalue weighted by atomic mass is 32.1. The third kappa shape index (κ3) is 4.31. The lowest BCUT2D eigenvalue weighted by Crippen LogP contribution is -2.31. The van der Waals surface area contributed by atoms with Crippen molar-refractivity contribution < 1.29 is 14.3 Å². The zero-order valence-electron chi connectivity index (χ0n) is 18.1. The molecule has 7 nitrogen and oxygen atoms in total. The standard InChI is InChI=1S/C24H26N4O3S/c1-30-20-12-4-3-10-18(20)27-15-7-11-19(27)23-22(17-9-5-6-14-25-17)26-24(32)28(23)16-8-13-21(29)31-2/h3-7,9-12,14-15,22-23H,8,13,16H2,1-2H3,(H,26,32)/t22-,23-/m0/s1. The first-order valence-electron chi connectivity index (χ1n) is 10.5. The summed E-state index contributed by atoms with van der Waals surface area (Å²) in [5.74, 6) is 0.559. The van der Waals surface area contributed by atoms with Gasteiger partial charge in [-0.25, -0.2) is 0 Å². The second kappa shape index (κ2) is 9.82. The number of para-hydroxylation sites is 2. The minimum Gasteiger partial charge on any atom is -0.495 e. The van der Waals surface area contributed by atoms with Crippen molar-refractivity contribution in [1.82, 2.24) is 19.8 Å². The number of methoxy groups -OCH3 is 2. The zero-order chi connectivity index (χ0) is 22.5. The molecule has 166 valence electrons. The molecule has 1 N–H and O–H groups in total. The van der Waals surface area contributed by atoms with Gasteiger partial charge in [0.05, 0.1) is 37.7 Å². The van der Waals surface area contributed by atoms with Crippen LogP contribution >= 0.6 is 12.2 Å². The molecular formula is C24H26N4O3S. The van der Waals surface area contributed by atoms with Gasteiger partial charge in [-0.05, 0) is 55.0 Å². The number of benzene rings is 1. The van der Waals surface area contributed by atoms with Crippen molar-refractivity contribution in [1.29, 1.82) is 0 Å². The molecule has 0 spiro atoms. The predicted octanol–water partition coefficient (Wildman–Crippen LogP) is 3.81. The van der Waals surface area contributed by atoms with Crippen LogP contribution in [0.5, 0.6) is 5.75 Å². The lowest BCUT2D eigenvalue weighted by Gasteiger charge is -2.29. The van der Waals surface area contributed by atoms with E-state index in [0.717, 1.165) is 22.8 Å². The molecule has 2 atom stereocenters. The first-order chi connectivity index (χ1) is 15.6. The molecule has 0 unspecified atom stereocenters. The van der Waals surface area contributed by atoms with Crippen LogP contribution < -0.4 is 10.1 Å². The van der Waals surface area contributed by atoms with Crippen LogP contribution in [0.3, 0.4) is 0 Å². The van der Waals surface area contributed by atoms with E-state index in [-0.39, 0.29) is 18.1 Å². The van der Waals surface area contributed by atoms with Crippen LogP contribution in [0, 0.1) is 0 Å². The number of ether oxygens (including phenoxy) is 2. The van der Waals surface area contributed by atoms with Gasteiger partial charge < -0.3 is 24.3 Å². The van der Waals surface area contributed by atoms with E-state index in [1.807, 2.05) is 54.7 Å². The fourth-order valence-corrected chi connectivity index (χ4v) is 4.48. The Balaban J connectivity index is 1.74. The molecule has 3 heterocycles. The van der Waals surface area contributed by atoms with E-state index in [2.05, 4.69) is 25.8 Å². The molecule has 1 saturated heterocycles. The van der Waals surface area contributed by atoms with Crippen LogP contribution in [0.15, 0.2) is 67.0 Å². The maximum absolute atomic E-state index is 11.7. The van der Waals surface area contributed by atoms with Crippen LogP contribution in [-0.2, 0) is 9.53 Å². The zero-order valence-corrected chi connectivity index (χ0v) is 18.9. The summed E-state index contributed by atoms with van der Waals surface area (Å²) in [6.07, 6.45) is 4.78. The molecule has 0 radical (unpaired) electrons. The highest BCUT2D eigenvalue weighted by Gasteiger charge is 2.41. The van der Waals surface area contributed by atoms with E-state index < -0.39 is 0 Å². The molecule has 0 saturated carbocycles. The highest BCUT2D eigenvalue weighted by Crippen LogP contribution is 2.40. The summed E-state index contributed by atoms with van der Waals surface area (Å²) in [6, 6.07) is 17.7. The van der Waals surface area contributed by atoms with Crippen molar-refractivity contribution in [2.75, 3.05) is 20.8 Å². The number of hydrogen-bond acceptors (Lipinski definition) is 5. The quantitative estimate of drug-likeness (QED) is 0.413. The van der Waals surface area contributed by atoms with Crippen molar-refractivity contribution in [3.05, 3.63) is 78.4 Å². The Morgan fingerprint density at radius 2 is 1.94 bits per heavy atom. The van der Waals surface area contributed by atoms with Crippen LogP contribution in [0.2, 0.25) is 0 Å². The van der Waals surface area contributed by atoms with Crippen LogP contribution in [0.4, 0.5) is 0 Å². The summed E-state index contributed by atoms with van der Waals surface area (Å²) in [5, 5.41) is 4.09. The number of esters is 1. The van der Waals surface area contributed by atoms with Gasteiger partial charge in [0.25, 0.3) is 0 Å². The summed E-state index contributed by atoms with van der Waals surface area (Å²) in [7, 11) is 3.08. The highest BCUT2D eigenvalue weighted by molar-refractivity contribution is 7.80. The van der Waals surface area contributed by atoms with E-state index in [1.165, 1.54) is 7.11 Å². The molecule has 1 aliphatic rings. The average molecular weight is 451 g/mol. The van der Waals surface area contributed by atoms with Gasteiger partial charge >= 0.3 is 5.97 Å². The lowest BCUT2D eigenvalue weighted by molar-refractivity contribution is -0.140. The smallest absolute Gasteiger partial charge is 0.305 e. The maximum atomic E-state index is 11.7. The number of thiocarbonyl (C=S) groups is 1. The van der Waals surface area contributed by atoms with Crippen LogP contribution in [-0.4, -0.2) is 46.3 Å². The number of pyridine rings is 1.